The number of carbonyl (C=O) groups excluding carboxylic acids is 1. The fraction of sp³-hybridized carbons (Fsp3) is 0.0714. The summed E-state index contributed by atoms with van der Waals surface area (Å²) in [5.74, 6) is 0. The van der Waals surface area contributed by atoms with Gasteiger partial charge in [0.25, 0.3) is 15.7 Å². The average Bonchev–Trinajstić information content (AvgIpc) is 2.54. The molecular weight excluding hydrogens is 360 g/mol. The van der Waals surface area contributed by atoms with E-state index in [-0.39, 0.29) is 6.61 Å². The Kier molecular flexibility index (Phi) is 5.37. The third-order valence-electron chi connectivity index (χ3n) is 2.85. The number of para-hydroxylation sites is 1. The summed E-state index contributed by atoms with van der Waals surface area (Å²) in [6.45, 7) is -0.185. The zero-order chi connectivity index (χ0) is 17.7. The van der Waals surface area contributed by atoms with Gasteiger partial charge in [-0.25, -0.2) is 17.9 Å². The van der Waals surface area contributed by atoms with Gasteiger partial charge < -0.3 is 4.74 Å². The number of nitro benzene ring substituents is 1. The standard InChI is InChI=1S/C14H11ClN2O6S/c15-11-7-5-10(6-8-11)9-23-14(18)16-24(21,22)13-4-2-1-3-12(13)17(19)20/h1-8H,9H2,(H,16,18). The fourth-order valence-corrected chi connectivity index (χ4v) is 2.95. The van der Waals surface area contributed by atoms with Crippen molar-refractivity contribution < 1.29 is 22.9 Å². The van der Waals surface area contributed by atoms with E-state index in [1.165, 1.54) is 12.1 Å². The molecule has 0 unspecified atom stereocenters. The maximum absolute atomic E-state index is 12.1. The van der Waals surface area contributed by atoms with E-state index in [0.29, 0.717) is 10.6 Å². The quantitative estimate of drug-likeness (QED) is 0.639. The molecule has 0 bridgehead atoms. The molecule has 0 saturated heterocycles. The van der Waals surface area contributed by atoms with Gasteiger partial charge >= 0.3 is 6.09 Å². The van der Waals surface area contributed by atoms with Gasteiger partial charge in [0.2, 0.25) is 0 Å². The van der Waals surface area contributed by atoms with Crippen molar-refractivity contribution in [2.75, 3.05) is 0 Å². The molecule has 10 heteroatoms. The predicted octanol–water partition coefficient (Wildman–Crippen LogP) is 2.86. The highest BCUT2D eigenvalue weighted by molar-refractivity contribution is 7.90. The van der Waals surface area contributed by atoms with E-state index in [2.05, 4.69) is 0 Å². The molecule has 0 fully saturated rings. The lowest BCUT2D eigenvalue weighted by Crippen LogP contribution is -2.31. The minimum absolute atomic E-state index is 0.185. The van der Waals surface area contributed by atoms with E-state index in [1.807, 2.05) is 0 Å². The van der Waals surface area contributed by atoms with Crippen LogP contribution in [0.2, 0.25) is 5.02 Å². The van der Waals surface area contributed by atoms with Crippen LogP contribution in [-0.2, 0) is 21.4 Å². The lowest BCUT2D eigenvalue weighted by Gasteiger charge is -2.08. The van der Waals surface area contributed by atoms with Crippen molar-refractivity contribution in [1.82, 2.24) is 4.72 Å². The van der Waals surface area contributed by atoms with Crippen LogP contribution in [0.1, 0.15) is 5.56 Å². The number of amides is 1. The van der Waals surface area contributed by atoms with Gasteiger partial charge in [-0.05, 0) is 23.8 Å². The number of rotatable bonds is 5. The molecular formula is C14H11ClN2O6S. The third-order valence-corrected chi connectivity index (χ3v) is 4.46. The Bertz CT molecular complexity index is 867. The molecule has 0 aromatic heterocycles. The van der Waals surface area contributed by atoms with Gasteiger partial charge in [0, 0.05) is 11.1 Å². The number of nitro groups is 1. The number of ether oxygens (including phenoxy) is 1. The van der Waals surface area contributed by atoms with Crippen molar-refractivity contribution in [3.8, 4) is 0 Å². The van der Waals surface area contributed by atoms with Crippen LogP contribution in [0.4, 0.5) is 10.5 Å². The summed E-state index contributed by atoms with van der Waals surface area (Å²) in [4.78, 5) is 21.0. The molecule has 2 rings (SSSR count). The lowest BCUT2D eigenvalue weighted by molar-refractivity contribution is -0.387. The summed E-state index contributed by atoms with van der Waals surface area (Å²) in [6, 6.07) is 11.0. The predicted molar refractivity (Wildman–Crippen MR) is 85.1 cm³/mol. The Balaban J connectivity index is 2.07. The SMILES string of the molecule is O=C(NS(=O)(=O)c1ccccc1[N+](=O)[O-])OCc1ccc(Cl)cc1. The molecule has 2 aromatic carbocycles. The van der Waals surface area contributed by atoms with Crippen molar-refractivity contribution in [3.63, 3.8) is 0 Å². The minimum atomic E-state index is -4.43. The first-order chi connectivity index (χ1) is 11.3. The highest BCUT2D eigenvalue weighted by Crippen LogP contribution is 2.22. The molecule has 0 spiro atoms. The lowest BCUT2D eigenvalue weighted by atomic mass is 10.2. The molecule has 0 saturated carbocycles. The molecule has 2 aromatic rings. The number of nitrogens with zero attached hydrogens (tertiary/aromatic N) is 1. The molecule has 126 valence electrons. The molecule has 0 radical (unpaired) electrons. The summed E-state index contributed by atoms with van der Waals surface area (Å²) >= 11 is 5.72. The van der Waals surface area contributed by atoms with Gasteiger partial charge in [0.15, 0.2) is 4.90 Å². The van der Waals surface area contributed by atoms with E-state index < -0.39 is 31.6 Å². The van der Waals surface area contributed by atoms with Crippen molar-refractivity contribution in [1.29, 1.82) is 0 Å². The molecule has 0 aliphatic carbocycles. The van der Waals surface area contributed by atoms with E-state index >= 15 is 0 Å². The Hall–Kier alpha value is -2.65. The van der Waals surface area contributed by atoms with Crippen LogP contribution in [0.25, 0.3) is 0 Å². The van der Waals surface area contributed by atoms with Crippen molar-refractivity contribution in [3.05, 3.63) is 69.2 Å². The molecule has 8 nitrogen and oxygen atoms in total. The Morgan fingerprint density at radius 2 is 1.79 bits per heavy atom. The molecule has 0 aliphatic rings. The first-order valence-electron chi connectivity index (χ1n) is 6.47. The van der Waals surface area contributed by atoms with Gasteiger partial charge in [-0.15, -0.1) is 0 Å². The normalized spacial score (nSPS) is 10.9. The number of hydrogen-bond donors (Lipinski definition) is 1. The topological polar surface area (TPSA) is 116 Å². The first-order valence-corrected chi connectivity index (χ1v) is 8.33. The number of benzene rings is 2. The summed E-state index contributed by atoms with van der Waals surface area (Å²) in [5, 5.41) is 11.4. The van der Waals surface area contributed by atoms with Crippen molar-refractivity contribution >= 4 is 33.4 Å². The second-order valence-electron chi connectivity index (χ2n) is 4.53. The summed E-state index contributed by atoms with van der Waals surface area (Å²) in [6.07, 6.45) is -1.25. The van der Waals surface area contributed by atoms with Crippen molar-refractivity contribution in [2.24, 2.45) is 0 Å². The number of carbonyl (C=O) groups is 1. The van der Waals surface area contributed by atoms with E-state index in [9.17, 15) is 23.3 Å². The average molecular weight is 371 g/mol. The van der Waals surface area contributed by atoms with Crippen LogP contribution in [0.3, 0.4) is 0 Å². The molecule has 0 atom stereocenters. The zero-order valence-corrected chi connectivity index (χ0v) is 13.6. The highest BCUT2D eigenvalue weighted by atomic mass is 35.5. The van der Waals surface area contributed by atoms with Gasteiger partial charge in [-0.2, -0.15) is 0 Å². The van der Waals surface area contributed by atoms with Crippen LogP contribution in [-0.4, -0.2) is 19.4 Å². The summed E-state index contributed by atoms with van der Waals surface area (Å²) in [5.41, 5.74) is -0.0480. The van der Waals surface area contributed by atoms with Crippen LogP contribution < -0.4 is 4.72 Å². The summed E-state index contributed by atoms with van der Waals surface area (Å²) < 4.78 is 30.6. The molecule has 0 aliphatic heterocycles. The van der Waals surface area contributed by atoms with E-state index in [0.717, 1.165) is 12.1 Å². The number of nitrogens with one attached hydrogen (secondary N) is 1. The Labute approximate surface area is 142 Å². The second kappa shape index (κ2) is 7.28. The third kappa shape index (κ3) is 4.43. The monoisotopic (exact) mass is 370 g/mol. The highest BCUT2D eigenvalue weighted by Gasteiger charge is 2.27. The molecule has 0 heterocycles. The van der Waals surface area contributed by atoms with Crippen LogP contribution in [0.5, 0.6) is 0 Å². The van der Waals surface area contributed by atoms with Crippen LogP contribution >= 0.6 is 11.6 Å². The Morgan fingerprint density at radius 3 is 2.42 bits per heavy atom. The van der Waals surface area contributed by atoms with Gasteiger partial charge in [0.1, 0.15) is 6.61 Å². The van der Waals surface area contributed by atoms with Gasteiger partial charge in [-0.1, -0.05) is 35.9 Å². The van der Waals surface area contributed by atoms with Crippen LogP contribution in [0, 0.1) is 10.1 Å². The van der Waals surface area contributed by atoms with E-state index in [1.54, 1.807) is 29.0 Å². The smallest absolute Gasteiger partial charge is 0.421 e. The fourth-order valence-electron chi connectivity index (χ4n) is 1.76. The molecule has 24 heavy (non-hydrogen) atoms. The second-order valence-corrected chi connectivity index (χ2v) is 6.62. The maximum Gasteiger partial charge on any atom is 0.421 e. The van der Waals surface area contributed by atoms with Gasteiger partial charge in [-0.3, -0.25) is 10.1 Å². The summed E-state index contributed by atoms with van der Waals surface area (Å²) in [7, 11) is -4.43. The molecule has 1 N–H and O–H groups in total. The largest absolute Gasteiger partial charge is 0.444 e. The number of sulfonamides is 1. The van der Waals surface area contributed by atoms with Crippen molar-refractivity contribution in [2.45, 2.75) is 11.5 Å². The Morgan fingerprint density at radius 1 is 1.17 bits per heavy atom. The maximum atomic E-state index is 12.1. The first kappa shape index (κ1) is 17.7. The van der Waals surface area contributed by atoms with Crippen LogP contribution in [0.15, 0.2) is 53.4 Å². The molecule has 1 amide bonds. The van der Waals surface area contributed by atoms with E-state index in [4.69, 9.17) is 16.3 Å². The minimum Gasteiger partial charge on any atom is -0.444 e. The zero-order valence-electron chi connectivity index (χ0n) is 12.0. The van der Waals surface area contributed by atoms with Gasteiger partial charge in [0.05, 0.1) is 4.92 Å². The number of hydrogen-bond acceptors (Lipinski definition) is 6. The number of halogens is 1.